The maximum Gasteiger partial charge on any atom is 0.330 e. The van der Waals surface area contributed by atoms with Gasteiger partial charge in [-0.2, -0.15) is 0 Å². The molecule has 0 atom stereocenters. The molecule has 0 aromatic heterocycles. The van der Waals surface area contributed by atoms with Gasteiger partial charge >= 0.3 is 5.97 Å². The van der Waals surface area contributed by atoms with Crippen LogP contribution in [0.1, 0.15) is 64.8 Å². The van der Waals surface area contributed by atoms with Crippen LogP contribution in [0.25, 0.3) is 0 Å². The molecule has 51 heavy (non-hydrogen) atoms. The number of carbonyl (C=O) groups excluding carboxylic acids is 4. The Morgan fingerprint density at radius 3 is 1.39 bits per heavy atom. The van der Waals surface area contributed by atoms with Gasteiger partial charge in [0.25, 0.3) is 0 Å². The second-order valence-corrected chi connectivity index (χ2v) is 10.5. The van der Waals surface area contributed by atoms with Crippen LogP contribution in [0.15, 0.2) is 98.1 Å². The Labute approximate surface area is 303 Å². The van der Waals surface area contributed by atoms with Gasteiger partial charge in [0.15, 0.2) is 0 Å². The Bertz CT molecular complexity index is 1310. The lowest BCUT2D eigenvalue weighted by molar-refractivity contribution is -0.137. The standard InChI is InChI=1S/C15H18O4.C13H18O3.C10H14O2.C3H4O/c1-2-15(17)19-11-5-3-4-10-18-14-8-6-13(12-16)7-9-14;1-15-9-3-2-4-10-16-13-7-5-12(11-14)6-8-13;1-11-8-7-9-3-5-10(12-2)6-4-9;1-2-3-4/h2,6-9,12H,1,3-5,10-11H2;5-8,11H,2-4,9-10H2,1H3;3-6H,7-8H2,1-2H3;2-3H,1H2. The van der Waals surface area contributed by atoms with Crippen LogP contribution in [-0.2, 0) is 30.2 Å². The number of methoxy groups -OCH3 is 3. The lowest BCUT2D eigenvalue weighted by Gasteiger charge is -2.06. The molecular weight excluding hydrogens is 652 g/mol. The summed E-state index contributed by atoms with van der Waals surface area (Å²) in [6.45, 7) is 9.75. The monoisotopic (exact) mass is 706 g/mol. The number of esters is 1. The Kier molecular flexibility index (Phi) is 30.1. The predicted octanol–water partition coefficient (Wildman–Crippen LogP) is 7.73. The van der Waals surface area contributed by atoms with Gasteiger partial charge in [-0.1, -0.05) is 25.3 Å². The fourth-order valence-electron chi connectivity index (χ4n) is 3.82. The minimum atomic E-state index is -0.383. The second-order valence-electron chi connectivity index (χ2n) is 10.5. The topological polar surface area (TPSA) is 124 Å². The molecule has 0 N–H and O–H groups in total. The van der Waals surface area contributed by atoms with E-state index in [1.807, 2.05) is 24.3 Å². The van der Waals surface area contributed by atoms with Crippen molar-refractivity contribution in [2.24, 2.45) is 0 Å². The zero-order chi connectivity index (χ0) is 37.8. The number of benzene rings is 3. The zero-order valence-electron chi connectivity index (χ0n) is 30.3. The highest BCUT2D eigenvalue weighted by Gasteiger charge is 1.98. The third-order valence-corrected chi connectivity index (χ3v) is 6.61. The first-order valence-electron chi connectivity index (χ1n) is 16.7. The van der Waals surface area contributed by atoms with Crippen LogP contribution in [0.2, 0.25) is 0 Å². The maximum atomic E-state index is 10.7. The number of hydrogen-bond donors (Lipinski definition) is 0. The summed E-state index contributed by atoms with van der Waals surface area (Å²) >= 11 is 0. The third kappa shape index (κ3) is 26.5. The van der Waals surface area contributed by atoms with Gasteiger partial charge in [0.2, 0.25) is 0 Å². The van der Waals surface area contributed by atoms with Crippen LogP contribution in [-0.4, -0.2) is 79.2 Å². The summed E-state index contributed by atoms with van der Waals surface area (Å²) < 4.78 is 30.9. The van der Waals surface area contributed by atoms with Crippen molar-refractivity contribution in [2.75, 3.05) is 54.4 Å². The summed E-state index contributed by atoms with van der Waals surface area (Å²) in [6.07, 6.45) is 11.4. The first-order chi connectivity index (χ1) is 24.9. The van der Waals surface area contributed by atoms with Gasteiger partial charge in [0, 0.05) is 38.0 Å². The summed E-state index contributed by atoms with van der Waals surface area (Å²) in [4.78, 5) is 40.7. The number of aldehydes is 3. The highest BCUT2D eigenvalue weighted by molar-refractivity contribution is 5.81. The molecule has 10 nitrogen and oxygen atoms in total. The molecule has 0 spiro atoms. The molecule has 0 saturated heterocycles. The number of unbranched alkanes of at least 4 members (excludes halogenated alkanes) is 4. The Hall–Kier alpha value is -5.06. The van der Waals surface area contributed by atoms with Crippen molar-refractivity contribution in [1.82, 2.24) is 0 Å². The normalized spacial score (nSPS) is 9.47. The quantitative estimate of drug-likeness (QED) is 0.0444. The molecule has 0 heterocycles. The van der Waals surface area contributed by atoms with Crippen molar-refractivity contribution in [3.63, 3.8) is 0 Å². The number of rotatable bonds is 22. The molecule has 3 aromatic rings. The van der Waals surface area contributed by atoms with Crippen LogP contribution in [0, 0.1) is 0 Å². The van der Waals surface area contributed by atoms with E-state index in [1.54, 1.807) is 57.7 Å². The first-order valence-corrected chi connectivity index (χ1v) is 16.7. The molecule has 0 aliphatic carbocycles. The Morgan fingerprint density at radius 2 is 1.00 bits per heavy atom. The van der Waals surface area contributed by atoms with E-state index < -0.39 is 0 Å². The molecule has 0 aliphatic rings. The van der Waals surface area contributed by atoms with Gasteiger partial charge in [-0.15, -0.1) is 0 Å². The summed E-state index contributed by atoms with van der Waals surface area (Å²) in [7, 11) is 5.10. The van der Waals surface area contributed by atoms with Crippen molar-refractivity contribution < 1.29 is 47.6 Å². The molecule has 10 heteroatoms. The Balaban J connectivity index is 0.000000711. The van der Waals surface area contributed by atoms with E-state index in [9.17, 15) is 14.4 Å². The third-order valence-electron chi connectivity index (χ3n) is 6.61. The van der Waals surface area contributed by atoms with Crippen LogP contribution in [0.3, 0.4) is 0 Å². The van der Waals surface area contributed by atoms with E-state index in [1.165, 1.54) is 11.6 Å². The van der Waals surface area contributed by atoms with Crippen molar-refractivity contribution in [3.8, 4) is 17.2 Å². The Morgan fingerprint density at radius 1 is 0.569 bits per heavy atom. The molecule has 0 fully saturated rings. The molecule has 0 aliphatic heterocycles. The van der Waals surface area contributed by atoms with Gasteiger partial charge < -0.3 is 28.4 Å². The van der Waals surface area contributed by atoms with Crippen LogP contribution < -0.4 is 14.2 Å². The minimum absolute atomic E-state index is 0.383. The number of allylic oxidation sites excluding steroid dienone is 1. The van der Waals surface area contributed by atoms with E-state index in [-0.39, 0.29) is 5.97 Å². The summed E-state index contributed by atoms with van der Waals surface area (Å²) in [5.74, 6) is 2.09. The molecule has 0 bridgehead atoms. The van der Waals surface area contributed by atoms with Crippen molar-refractivity contribution in [3.05, 3.63) is 115 Å². The first kappa shape index (κ1) is 45.9. The van der Waals surface area contributed by atoms with Gasteiger partial charge in [0.05, 0.1) is 33.5 Å². The van der Waals surface area contributed by atoms with Gasteiger partial charge in [-0.25, -0.2) is 4.79 Å². The van der Waals surface area contributed by atoms with E-state index >= 15 is 0 Å². The van der Waals surface area contributed by atoms with E-state index in [2.05, 4.69) is 25.3 Å². The maximum absolute atomic E-state index is 10.7. The molecule has 3 aromatic carbocycles. The molecule has 0 amide bonds. The lowest BCUT2D eigenvalue weighted by atomic mass is 10.1. The van der Waals surface area contributed by atoms with Crippen LogP contribution in [0.4, 0.5) is 0 Å². The molecule has 278 valence electrons. The van der Waals surface area contributed by atoms with Crippen molar-refractivity contribution in [2.45, 2.75) is 44.9 Å². The number of ether oxygens (including phenoxy) is 6. The van der Waals surface area contributed by atoms with E-state index in [0.717, 1.165) is 94.1 Å². The SMILES string of the molecule is C=CC(=O)OCCCCCOc1ccc(C=O)cc1.C=CC=O.COCCCCCOc1ccc(C=O)cc1.COCCc1ccc(OC)cc1. The fourth-order valence-corrected chi connectivity index (χ4v) is 3.82. The molecule has 0 saturated carbocycles. The highest BCUT2D eigenvalue weighted by Crippen LogP contribution is 2.13. The minimum Gasteiger partial charge on any atom is -0.497 e. The average molecular weight is 707 g/mol. The van der Waals surface area contributed by atoms with Gasteiger partial charge in [0.1, 0.15) is 36.1 Å². The fraction of sp³-hybridized carbons (Fsp3) is 0.366. The van der Waals surface area contributed by atoms with Crippen molar-refractivity contribution >= 4 is 24.8 Å². The molecular formula is C41H54O10. The predicted molar refractivity (Wildman–Crippen MR) is 200 cm³/mol. The molecule has 0 radical (unpaired) electrons. The average Bonchev–Trinajstić information content (AvgIpc) is 3.19. The number of carbonyl (C=O) groups is 4. The smallest absolute Gasteiger partial charge is 0.330 e. The largest absolute Gasteiger partial charge is 0.497 e. The van der Waals surface area contributed by atoms with Crippen LogP contribution >= 0.6 is 0 Å². The summed E-state index contributed by atoms with van der Waals surface area (Å²) in [5, 5.41) is 0. The van der Waals surface area contributed by atoms with Crippen LogP contribution in [0.5, 0.6) is 17.2 Å². The summed E-state index contributed by atoms with van der Waals surface area (Å²) in [5.41, 5.74) is 2.58. The van der Waals surface area contributed by atoms with E-state index in [4.69, 9.17) is 33.2 Å². The number of hydrogen-bond acceptors (Lipinski definition) is 10. The lowest BCUT2D eigenvalue weighted by Crippen LogP contribution is -2.03. The van der Waals surface area contributed by atoms with E-state index in [0.29, 0.717) is 37.2 Å². The highest BCUT2D eigenvalue weighted by atomic mass is 16.5. The van der Waals surface area contributed by atoms with Gasteiger partial charge in [-0.05, 0) is 117 Å². The zero-order valence-corrected chi connectivity index (χ0v) is 30.3. The van der Waals surface area contributed by atoms with Gasteiger partial charge in [-0.3, -0.25) is 14.4 Å². The molecule has 0 unspecified atom stereocenters. The van der Waals surface area contributed by atoms with Crippen molar-refractivity contribution in [1.29, 1.82) is 0 Å². The molecule has 3 rings (SSSR count). The second kappa shape index (κ2) is 33.4. The summed E-state index contributed by atoms with van der Waals surface area (Å²) in [6, 6.07) is 22.2.